The normalized spacial score (nSPS) is 11.3. The summed E-state index contributed by atoms with van der Waals surface area (Å²) in [6.45, 7) is 0.315. The molecular formula is C20H20F3N5O3. The first-order valence-corrected chi connectivity index (χ1v) is 9.14. The van der Waals surface area contributed by atoms with Gasteiger partial charge >= 0.3 is 18.2 Å². The first kappa shape index (κ1) is 22.1. The number of rotatable bonds is 6. The first-order chi connectivity index (χ1) is 14.6. The van der Waals surface area contributed by atoms with Gasteiger partial charge in [0.15, 0.2) is 0 Å². The maximum Gasteiger partial charge on any atom is 0.471 e. The molecule has 3 aromatic rings. The summed E-state index contributed by atoms with van der Waals surface area (Å²) in [4.78, 5) is 23.1. The van der Waals surface area contributed by atoms with Crippen molar-refractivity contribution < 1.29 is 27.2 Å². The third kappa shape index (κ3) is 5.50. The third-order valence-corrected chi connectivity index (χ3v) is 4.25. The third-order valence-electron chi connectivity index (χ3n) is 4.25. The van der Waals surface area contributed by atoms with Crippen LogP contribution in [0, 0.1) is 0 Å². The van der Waals surface area contributed by atoms with Crippen LogP contribution in [0.4, 0.5) is 23.8 Å². The number of benzene rings is 1. The van der Waals surface area contributed by atoms with Crippen LogP contribution in [-0.4, -0.2) is 47.3 Å². The summed E-state index contributed by atoms with van der Waals surface area (Å²) in [5.74, 6) is -0.858. The number of carbonyl (C=O) groups excluding carboxylic acids is 1. The molecule has 8 nitrogen and oxygen atoms in total. The summed E-state index contributed by atoms with van der Waals surface area (Å²) in [5.41, 5.74) is 1.89. The van der Waals surface area contributed by atoms with Gasteiger partial charge in [-0.25, -0.2) is 9.78 Å². The number of amides is 1. The molecule has 31 heavy (non-hydrogen) atoms. The lowest BCUT2D eigenvalue weighted by atomic mass is 10.1. The Labute approximate surface area is 176 Å². The van der Waals surface area contributed by atoms with Crippen LogP contribution in [0.25, 0.3) is 11.4 Å². The Balaban J connectivity index is 1.58. The fourth-order valence-electron chi connectivity index (χ4n) is 2.75. The molecule has 0 saturated heterocycles. The molecule has 0 spiro atoms. The Morgan fingerprint density at radius 1 is 1.13 bits per heavy atom. The zero-order valence-corrected chi connectivity index (χ0v) is 17.1. The molecule has 11 heteroatoms. The van der Waals surface area contributed by atoms with Gasteiger partial charge < -0.3 is 19.1 Å². The molecule has 0 N–H and O–H groups in total. The van der Waals surface area contributed by atoms with Crippen LogP contribution in [0.15, 0.2) is 47.1 Å². The van der Waals surface area contributed by atoms with E-state index in [9.17, 15) is 18.0 Å². The minimum atomic E-state index is -4.70. The van der Waals surface area contributed by atoms with Gasteiger partial charge in [0.1, 0.15) is 12.4 Å². The fourth-order valence-corrected chi connectivity index (χ4v) is 2.75. The molecular weight excluding hydrogens is 415 g/mol. The Bertz CT molecular complexity index is 1040. The van der Waals surface area contributed by atoms with Gasteiger partial charge in [0.05, 0.1) is 0 Å². The van der Waals surface area contributed by atoms with E-state index in [1.165, 1.54) is 4.90 Å². The summed E-state index contributed by atoms with van der Waals surface area (Å²) >= 11 is 0. The van der Waals surface area contributed by atoms with Crippen molar-refractivity contribution in [3.63, 3.8) is 0 Å². The Hall–Kier alpha value is -3.63. The molecule has 1 aromatic carbocycles. The fraction of sp³-hybridized carbons (Fsp3) is 0.300. The van der Waals surface area contributed by atoms with E-state index in [1.54, 1.807) is 43.6 Å². The maximum atomic E-state index is 12.6. The zero-order chi connectivity index (χ0) is 22.6. The standard InChI is InChI=1S/C20H20F3N5O3/c1-27(2)17-15(5-4-10-24-17)12-30-19(29)28(3)11-13-6-8-14(9-7-13)16-25-18(31-26-16)20(21,22)23/h4-10H,11-12H2,1-3H3. The summed E-state index contributed by atoms with van der Waals surface area (Å²) in [6, 6.07) is 10.0. The first-order valence-electron chi connectivity index (χ1n) is 9.14. The molecule has 2 heterocycles. The van der Waals surface area contributed by atoms with Crippen LogP contribution < -0.4 is 4.90 Å². The van der Waals surface area contributed by atoms with Crippen LogP contribution in [0.2, 0.25) is 0 Å². The molecule has 164 valence electrons. The summed E-state index contributed by atoms with van der Waals surface area (Å²) in [7, 11) is 5.28. The van der Waals surface area contributed by atoms with Gasteiger partial charge in [-0.15, -0.1) is 0 Å². The lowest BCUT2D eigenvalue weighted by Gasteiger charge is -2.19. The SMILES string of the molecule is CN(Cc1ccc(-c2noc(C(F)(F)F)n2)cc1)C(=O)OCc1cccnc1N(C)C. The van der Waals surface area contributed by atoms with E-state index in [2.05, 4.69) is 19.6 Å². The lowest BCUT2D eigenvalue weighted by Crippen LogP contribution is -2.27. The number of ether oxygens (including phenoxy) is 1. The van der Waals surface area contributed by atoms with Gasteiger partial charge in [-0.2, -0.15) is 18.2 Å². The number of aromatic nitrogens is 3. The second-order valence-corrected chi connectivity index (χ2v) is 6.91. The minimum Gasteiger partial charge on any atom is -0.444 e. The van der Waals surface area contributed by atoms with Crippen LogP contribution in [0.3, 0.4) is 0 Å². The van der Waals surface area contributed by atoms with Crippen molar-refractivity contribution >= 4 is 11.9 Å². The maximum absolute atomic E-state index is 12.6. The van der Waals surface area contributed by atoms with E-state index in [-0.39, 0.29) is 19.0 Å². The Morgan fingerprint density at radius 2 is 1.84 bits per heavy atom. The Kier molecular flexibility index (Phi) is 6.42. The Morgan fingerprint density at radius 3 is 2.45 bits per heavy atom. The van der Waals surface area contributed by atoms with Crippen LogP contribution in [0.5, 0.6) is 0 Å². The summed E-state index contributed by atoms with van der Waals surface area (Å²) < 4.78 is 47.3. The van der Waals surface area contributed by atoms with Crippen LogP contribution >= 0.6 is 0 Å². The van der Waals surface area contributed by atoms with E-state index in [4.69, 9.17) is 4.74 Å². The molecule has 0 bridgehead atoms. The topological polar surface area (TPSA) is 84.6 Å². The second kappa shape index (κ2) is 9.02. The minimum absolute atomic E-state index is 0.0723. The van der Waals surface area contributed by atoms with Gasteiger partial charge in [0.2, 0.25) is 5.82 Å². The molecule has 0 fully saturated rings. The van der Waals surface area contributed by atoms with E-state index < -0.39 is 18.2 Å². The van der Waals surface area contributed by atoms with Gasteiger partial charge in [-0.3, -0.25) is 0 Å². The molecule has 0 aliphatic heterocycles. The number of carbonyl (C=O) groups is 1. The highest BCUT2D eigenvalue weighted by atomic mass is 19.4. The van der Waals surface area contributed by atoms with Crippen LogP contribution in [0.1, 0.15) is 17.0 Å². The highest BCUT2D eigenvalue weighted by molar-refractivity contribution is 5.67. The van der Waals surface area contributed by atoms with Crippen molar-refractivity contribution in [2.75, 3.05) is 26.0 Å². The molecule has 0 saturated carbocycles. The van der Waals surface area contributed by atoms with Crippen molar-refractivity contribution in [1.29, 1.82) is 0 Å². The van der Waals surface area contributed by atoms with Crippen molar-refractivity contribution in [2.45, 2.75) is 19.3 Å². The molecule has 0 aliphatic rings. The number of hydrogen-bond acceptors (Lipinski definition) is 7. The van der Waals surface area contributed by atoms with Crippen molar-refractivity contribution in [3.05, 3.63) is 59.6 Å². The molecule has 0 unspecified atom stereocenters. The number of alkyl halides is 3. The predicted molar refractivity (Wildman–Crippen MR) is 105 cm³/mol. The van der Waals surface area contributed by atoms with Gasteiger partial charge in [0, 0.05) is 45.0 Å². The quantitative estimate of drug-likeness (QED) is 0.579. The summed E-state index contributed by atoms with van der Waals surface area (Å²) in [6.07, 6.45) is -3.56. The molecule has 0 atom stereocenters. The molecule has 2 aromatic heterocycles. The van der Waals surface area contributed by atoms with Gasteiger partial charge in [0.25, 0.3) is 0 Å². The van der Waals surface area contributed by atoms with Gasteiger partial charge in [-0.05, 0) is 11.6 Å². The smallest absolute Gasteiger partial charge is 0.444 e. The predicted octanol–water partition coefficient (Wildman–Crippen LogP) is 3.99. The van der Waals surface area contributed by atoms with E-state index >= 15 is 0 Å². The van der Waals surface area contributed by atoms with Crippen LogP contribution in [-0.2, 0) is 24.1 Å². The highest BCUT2D eigenvalue weighted by Gasteiger charge is 2.38. The van der Waals surface area contributed by atoms with E-state index in [0.29, 0.717) is 11.4 Å². The number of halogens is 3. The average Bonchev–Trinajstić information content (AvgIpc) is 3.23. The number of anilines is 1. The van der Waals surface area contributed by atoms with E-state index in [1.807, 2.05) is 25.1 Å². The molecule has 1 amide bonds. The number of nitrogens with zero attached hydrogens (tertiary/aromatic N) is 5. The number of pyridine rings is 1. The van der Waals surface area contributed by atoms with Gasteiger partial charge in [-0.1, -0.05) is 35.5 Å². The van der Waals surface area contributed by atoms with Crippen molar-refractivity contribution in [1.82, 2.24) is 20.0 Å². The number of hydrogen-bond donors (Lipinski definition) is 0. The molecule has 0 radical (unpaired) electrons. The summed E-state index contributed by atoms with van der Waals surface area (Å²) in [5, 5.41) is 3.35. The largest absolute Gasteiger partial charge is 0.471 e. The van der Waals surface area contributed by atoms with Crippen molar-refractivity contribution in [2.24, 2.45) is 0 Å². The van der Waals surface area contributed by atoms with E-state index in [0.717, 1.165) is 11.1 Å². The second-order valence-electron chi connectivity index (χ2n) is 6.91. The zero-order valence-electron chi connectivity index (χ0n) is 17.1. The molecule has 0 aliphatic carbocycles. The lowest BCUT2D eigenvalue weighted by molar-refractivity contribution is -0.159. The molecule has 3 rings (SSSR count). The highest BCUT2D eigenvalue weighted by Crippen LogP contribution is 2.29. The van der Waals surface area contributed by atoms with Crippen molar-refractivity contribution in [3.8, 4) is 11.4 Å². The average molecular weight is 435 g/mol. The monoisotopic (exact) mass is 435 g/mol.